The van der Waals surface area contributed by atoms with Gasteiger partial charge in [0.25, 0.3) is 0 Å². The lowest BCUT2D eigenvalue weighted by atomic mass is 10.2. The summed E-state index contributed by atoms with van der Waals surface area (Å²) in [7, 11) is 0. The number of halogens is 1. The van der Waals surface area contributed by atoms with Crippen LogP contribution in [0.15, 0.2) is 18.2 Å². The van der Waals surface area contributed by atoms with Crippen LogP contribution in [0.1, 0.15) is 38.6 Å². The summed E-state index contributed by atoms with van der Waals surface area (Å²) in [5.41, 5.74) is 8.06. The zero-order valence-electron chi connectivity index (χ0n) is 10.3. The summed E-state index contributed by atoms with van der Waals surface area (Å²) in [6.45, 7) is 5.12. The molecule has 0 amide bonds. The minimum Gasteiger partial charge on any atom is -0.325 e. The summed E-state index contributed by atoms with van der Waals surface area (Å²) in [6.07, 6.45) is 1.92. The molecule has 0 aliphatic carbocycles. The van der Waals surface area contributed by atoms with E-state index < -0.39 is 0 Å². The summed E-state index contributed by atoms with van der Waals surface area (Å²) in [5.74, 6) is 0.942. The number of aromatic nitrogens is 2. The number of nitrogens with zero attached hydrogens (tertiary/aromatic N) is 2. The van der Waals surface area contributed by atoms with Crippen LogP contribution in [-0.4, -0.2) is 9.55 Å². The van der Waals surface area contributed by atoms with Gasteiger partial charge in [-0.25, -0.2) is 4.98 Å². The molecule has 0 radical (unpaired) electrons. The Kier molecular flexibility index (Phi) is 3.69. The van der Waals surface area contributed by atoms with Gasteiger partial charge in [-0.3, -0.25) is 0 Å². The molecule has 0 aliphatic heterocycles. The van der Waals surface area contributed by atoms with Gasteiger partial charge in [0, 0.05) is 6.54 Å². The Balaban J connectivity index is 2.67. The summed E-state index contributed by atoms with van der Waals surface area (Å²) >= 11 is 6.26. The Labute approximate surface area is 107 Å². The maximum absolute atomic E-state index is 6.26. The van der Waals surface area contributed by atoms with E-state index in [2.05, 4.69) is 23.4 Å². The van der Waals surface area contributed by atoms with Crippen LogP contribution in [0.3, 0.4) is 0 Å². The lowest BCUT2D eigenvalue weighted by Gasteiger charge is -2.12. The normalized spacial score (nSPS) is 13.2. The van der Waals surface area contributed by atoms with E-state index in [1.165, 1.54) is 0 Å². The van der Waals surface area contributed by atoms with E-state index in [0.29, 0.717) is 0 Å². The summed E-state index contributed by atoms with van der Waals surface area (Å²) < 4.78 is 2.16. The van der Waals surface area contributed by atoms with E-state index in [1.807, 2.05) is 18.2 Å². The topological polar surface area (TPSA) is 43.8 Å². The molecule has 0 saturated carbocycles. The van der Waals surface area contributed by atoms with Crippen molar-refractivity contribution < 1.29 is 0 Å². The third kappa shape index (κ3) is 2.17. The molecule has 0 spiro atoms. The van der Waals surface area contributed by atoms with Gasteiger partial charge in [0.1, 0.15) is 5.82 Å². The molecule has 4 heteroatoms. The second-order valence-corrected chi connectivity index (χ2v) is 4.65. The van der Waals surface area contributed by atoms with Crippen LogP contribution in [-0.2, 0) is 6.54 Å². The Morgan fingerprint density at radius 2 is 2.18 bits per heavy atom. The molecule has 0 aliphatic rings. The van der Waals surface area contributed by atoms with Crippen LogP contribution >= 0.6 is 11.6 Å². The lowest BCUT2D eigenvalue weighted by Crippen LogP contribution is -2.16. The number of hydrogen-bond donors (Lipinski definition) is 1. The maximum atomic E-state index is 6.26. The minimum absolute atomic E-state index is 0.0231. The highest BCUT2D eigenvalue weighted by molar-refractivity contribution is 6.35. The fourth-order valence-electron chi connectivity index (χ4n) is 2.08. The molecule has 2 N–H and O–H groups in total. The van der Waals surface area contributed by atoms with Crippen LogP contribution in [0.5, 0.6) is 0 Å². The predicted molar refractivity (Wildman–Crippen MR) is 72.3 cm³/mol. The molecule has 1 heterocycles. The first-order valence-electron chi connectivity index (χ1n) is 6.09. The molecule has 2 aromatic rings. The van der Waals surface area contributed by atoms with E-state index in [-0.39, 0.29) is 6.04 Å². The van der Waals surface area contributed by atoms with Crippen molar-refractivity contribution in [3.63, 3.8) is 0 Å². The Bertz CT molecular complexity index is 519. The highest BCUT2D eigenvalue weighted by Crippen LogP contribution is 2.27. The van der Waals surface area contributed by atoms with E-state index in [0.717, 1.165) is 41.3 Å². The van der Waals surface area contributed by atoms with Crippen LogP contribution in [0.25, 0.3) is 11.0 Å². The SMILES string of the molecule is CCCn1c(C(N)CC)nc2cccc(Cl)c21. The Morgan fingerprint density at radius 1 is 1.41 bits per heavy atom. The predicted octanol–water partition coefficient (Wildman–Crippen LogP) is 3.51. The summed E-state index contributed by atoms with van der Waals surface area (Å²) in [4.78, 5) is 4.62. The molecule has 1 atom stereocenters. The average Bonchev–Trinajstić information content (AvgIpc) is 2.69. The smallest absolute Gasteiger partial charge is 0.126 e. The lowest BCUT2D eigenvalue weighted by molar-refractivity contribution is 0.576. The molecule has 0 fully saturated rings. The van der Waals surface area contributed by atoms with Crippen molar-refractivity contribution in [3.05, 3.63) is 29.0 Å². The van der Waals surface area contributed by atoms with E-state index in [4.69, 9.17) is 17.3 Å². The van der Waals surface area contributed by atoms with Crippen molar-refractivity contribution in [2.75, 3.05) is 0 Å². The number of para-hydroxylation sites is 1. The molecule has 0 bridgehead atoms. The van der Waals surface area contributed by atoms with Gasteiger partial charge in [0.2, 0.25) is 0 Å². The molecular weight excluding hydrogens is 234 g/mol. The number of aryl methyl sites for hydroxylation is 1. The second-order valence-electron chi connectivity index (χ2n) is 4.24. The third-order valence-electron chi connectivity index (χ3n) is 2.97. The Morgan fingerprint density at radius 3 is 2.82 bits per heavy atom. The number of benzene rings is 1. The first-order chi connectivity index (χ1) is 8.19. The van der Waals surface area contributed by atoms with Crippen molar-refractivity contribution in [3.8, 4) is 0 Å². The molecule has 17 heavy (non-hydrogen) atoms. The summed E-state index contributed by atoms with van der Waals surface area (Å²) in [5, 5.41) is 0.748. The number of rotatable bonds is 4. The van der Waals surface area contributed by atoms with Crippen molar-refractivity contribution in [1.82, 2.24) is 9.55 Å². The molecule has 0 saturated heterocycles. The zero-order valence-corrected chi connectivity index (χ0v) is 11.0. The first kappa shape index (κ1) is 12.4. The molecule has 3 nitrogen and oxygen atoms in total. The number of nitrogens with two attached hydrogens (primary N) is 1. The highest BCUT2D eigenvalue weighted by atomic mass is 35.5. The molecule has 1 aromatic heterocycles. The fourth-order valence-corrected chi connectivity index (χ4v) is 2.35. The van der Waals surface area contributed by atoms with E-state index in [1.54, 1.807) is 0 Å². The largest absolute Gasteiger partial charge is 0.325 e. The van der Waals surface area contributed by atoms with Gasteiger partial charge >= 0.3 is 0 Å². The van der Waals surface area contributed by atoms with Crippen molar-refractivity contribution in [2.45, 2.75) is 39.3 Å². The maximum Gasteiger partial charge on any atom is 0.126 e. The van der Waals surface area contributed by atoms with Crippen LogP contribution in [0, 0.1) is 0 Å². The van der Waals surface area contributed by atoms with Gasteiger partial charge in [0.05, 0.1) is 22.1 Å². The third-order valence-corrected chi connectivity index (χ3v) is 3.27. The van der Waals surface area contributed by atoms with Crippen LogP contribution in [0.2, 0.25) is 5.02 Å². The fraction of sp³-hybridized carbons (Fsp3) is 0.462. The first-order valence-corrected chi connectivity index (χ1v) is 6.47. The van der Waals surface area contributed by atoms with Gasteiger partial charge < -0.3 is 10.3 Å². The second kappa shape index (κ2) is 5.07. The quantitative estimate of drug-likeness (QED) is 0.904. The van der Waals surface area contributed by atoms with Crippen molar-refractivity contribution in [2.24, 2.45) is 5.73 Å². The molecule has 1 unspecified atom stereocenters. The monoisotopic (exact) mass is 251 g/mol. The van der Waals surface area contributed by atoms with Gasteiger partial charge in [-0.05, 0) is 25.0 Å². The number of imidazole rings is 1. The van der Waals surface area contributed by atoms with Crippen LogP contribution in [0.4, 0.5) is 0 Å². The number of fused-ring (bicyclic) bond motifs is 1. The van der Waals surface area contributed by atoms with Crippen molar-refractivity contribution in [1.29, 1.82) is 0 Å². The highest BCUT2D eigenvalue weighted by Gasteiger charge is 2.16. The molecule has 2 rings (SSSR count). The Hall–Kier alpha value is -1.06. The molecular formula is C13H18ClN3. The summed E-state index contributed by atoms with van der Waals surface area (Å²) in [6, 6.07) is 5.79. The average molecular weight is 252 g/mol. The number of hydrogen-bond acceptors (Lipinski definition) is 2. The molecule has 1 aromatic carbocycles. The van der Waals surface area contributed by atoms with Gasteiger partial charge in [0.15, 0.2) is 0 Å². The van der Waals surface area contributed by atoms with Gasteiger partial charge in [-0.2, -0.15) is 0 Å². The standard InChI is InChI=1S/C13H18ClN3/c1-3-8-17-12-9(14)6-5-7-11(12)16-13(17)10(15)4-2/h5-7,10H,3-4,8,15H2,1-2H3. The van der Waals surface area contributed by atoms with Gasteiger partial charge in [-0.1, -0.05) is 31.5 Å². The molecule has 92 valence electrons. The van der Waals surface area contributed by atoms with Gasteiger partial charge in [-0.15, -0.1) is 0 Å². The van der Waals surface area contributed by atoms with E-state index >= 15 is 0 Å². The van der Waals surface area contributed by atoms with E-state index in [9.17, 15) is 0 Å². The minimum atomic E-state index is -0.0231. The van der Waals surface area contributed by atoms with Crippen LogP contribution < -0.4 is 5.73 Å². The zero-order chi connectivity index (χ0) is 12.4. The van der Waals surface area contributed by atoms with Crippen molar-refractivity contribution >= 4 is 22.6 Å².